The van der Waals surface area contributed by atoms with Gasteiger partial charge in [-0.05, 0) is 42.5 Å². The van der Waals surface area contributed by atoms with E-state index in [-0.39, 0.29) is 16.5 Å². The number of para-hydroxylation sites is 1. The van der Waals surface area contributed by atoms with Gasteiger partial charge in [-0.2, -0.15) is 0 Å². The van der Waals surface area contributed by atoms with Crippen LogP contribution in [0, 0.1) is 5.82 Å². The molecule has 7 heteroatoms. The number of benzene rings is 3. The Labute approximate surface area is 163 Å². The van der Waals surface area contributed by atoms with Crippen molar-refractivity contribution in [1.29, 1.82) is 0 Å². The van der Waals surface area contributed by atoms with Crippen molar-refractivity contribution in [2.24, 2.45) is 0 Å². The lowest BCUT2D eigenvalue weighted by atomic mass is 10.2. The van der Waals surface area contributed by atoms with E-state index in [4.69, 9.17) is 23.2 Å². The Kier molecular flexibility index (Phi) is 4.56. The van der Waals surface area contributed by atoms with Crippen molar-refractivity contribution < 1.29 is 4.39 Å². The molecule has 27 heavy (non-hydrogen) atoms. The van der Waals surface area contributed by atoms with E-state index >= 15 is 0 Å². The molecule has 0 amide bonds. The maximum Gasteiger partial charge on any atom is 0.268 e. The second-order valence-electron chi connectivity index (χ2n) is 5.79. The molecule has 0 aliphatic heterocycles. The van der Waals surface area contributed by atoms with Crippen LogP contribution in [0.2, 0.25) is 10.0 Å². The van der Waals surface area contributed by atoms with Gasteiger partial charge in [0.1, 0.15) is 5.82 Å². The summed E-state index contributed by atoms with van der Waals surface area (Å²) in [6.07, 6.45) is 0. The van der Waals surface area contributed by atoms with Crippen LogP contribution in [0.5, 0.6) is 0 Å². The summed E-state index contributed by atoms with van der Waals surface area (Å²) in [7, 11) is 0. The molecule has 1 N–H and O–H groups in total. The van der Waals surface area contributed by atoms with Gasteiger partial charge in [0.15, 0.2) is 0 Å². The van der Waals surface area contributed by atoms with Crippen molar-refractivity contribution in [3.63, 3.8) is 0 Å². The lowest BCUT2D eigenvalue weighted by Crippen LogP contribution is -2.23. The molecule has 0 saturated carbocycles. The minimum Gasteiger partial charge on any atom is -0.324 e. The number of halogens is 3. The van der Waals surface area contributed by atoms with E-state index in [0.29, 0.717) is 27.3 Å². The van der Waals surface area contributed by atoms with Crippen molar-refractivity contribution in [1.82, 2.24) is 9.55 Å². The predicted molar refractivity (Wildman–Crippen MR) is 107 cm³/mol. The smallest absolute Gasteiger partial charge is 0.268 e. The van der Waals surface area contributed by atoms with Crippen molar-refractivity contribution in [3.05, 3.63) is 92.9 Å². The average Bonchev–Trinajstić information content (AvgIpc) is 2.65. The molecule has 1 heterocycles. The molecule has 4 aromatic rings. The van der Waals surface area contributed by atoms with Crippen LogP contribution < -0.4 is 10.9 Å². The number of nitrogens with one attached hydrogen (secondary N) is 1. The molecule has 1 aromatic heterocycles. The van der Waals surface area contributed by atoms with Gasteiger partial charge in [0, 0.05) is 0 Å². The summed E-state index contributed by atoms with van der Waals surface area (Å²) in [6, 6.07) is 18.1. The Morgan fingerprint density at radius 2 is 1.70 bits per heavy atom. The van der Waals surface area contributed by atoms with Gasteiger partial charge in [-0.25, -0.2) is 13.9 Å². The largest absolute Gasteiger partial charge is 0.324 e. The predicted octanol–water partition coefficient (Wildman–Crippen LogP) is 5.58. The monoisotopic (exact) mass is 399 g/mol. The van der Waals surface area contributed by atoms with Crippen LogP contribution >= 0.6 is 23.2 Å². The Balaban J connectivity index is 2.00. The molecule has 0 radical (unpaired) electrons. The number of rotatable bonds is 3. The van der Waals surface area contributed by atoms with Gasteiger partial charge in [-0.15, -0.1) is 0 Å². The molecule has 0 atom stereocenters. The van der Waals surface area contributed by atoms with E-state index in [0.717, 1.165) is 0 Å². The molecule has 134 valence electrons. The zero-order valence-electron chi connectivity index (χ0n) is 13.8. The van der Waals surface area contributed by atoms with E-state index in [9.17, 15) is 9.18 Å². The van der Waals surface area contributed by atoms with Gasteiger partial charge in [-0.1, -0.05) is 47.5 Å². The van der Waals surface area contributed by atoms with E-state index in [1.165, 1.54) is 22.8 Å². The fourth-order valence-corrected chi connectivity index (χ4v) is 3.27. The lowest BCUT2D eigenvalue weighted by Gasteiger charge is -2.16. The van der Waals surface area contributed by atoms with Gasteiger partial charge in [0.25, 0.3) is 5.56 Å². The molecule has 0 aliphatic rings. The van der Waals surface area contributed by atoms with Crippen molar-refractivity contribution in [2.75, 3.05) is 5.32 Å². The lowest BCUT2D eigenvalue weighted by molar-refractivity contribution is 0.628. The minimum atomic E-state index is -0.454. The number of anilines is 2. The maximum absolute atomic E-state index is 13.3. The van der Waals surface area contributed by atoms with Crippen molar-refractivity contribution in [3.8, 4) is 5.69 Å². The van der Waals surface area contributed by atoms with Crippen LogP contribution in [0.4, 0.5) is 16.0 Å². The van der Waals surface area contributed by atoms with Crippen LogP contribution in [-0.2, 0) is 0 Å². The number of fused-ring (bicyclic) bond motifs is 1. The summed E-state index contributed by atoms with van der Waals surface area (Å²) >= 11 is 12.4. The maximum atomic E-state index is 13.3. The first-order valence-electron chi connectivity index (χ1n) is 8.03. The van der Waals surface area contributed by atoms with Crippen LogP contribution in [-0.4, -0.2) is 9.55 Å². The first-order chi connectivity index (χ1) is 13.0. The highest BCUT2D eigenvalue weighted by Gasteiger charge is 2.16. The van der Waals surface area contributed by atoms with E-state index < -0.39 is 5.82 Å². The number of aromatic nitrogens is 2. The molecular weight excluding hydrogens is 388 g/mol. The molecule has 0 unspecified atom stereocenters. The third kappa shape index (κ3) is 3.27. The first kappa shape index (κ1) is 17.5. The van der Waals surface area contributed by atoms with E-state index in [2.05, 4.69) is 10.3 Å². The SMILES string of the molecule is O=c1c2c(Cl)cccc2nc(Nc2ccc(F)cc2Cl)n1-c1ccccc1. The van der Waals surface area contributed by atoms with Gasteiger partial charge in [0.2, 0.25) is 5.95 Å². The highest BCUT2D eigenvalue weighted by molar-refractivity contribution is 6.35. The van der Waals surface area contributed by atoms with E-state index in [1.807, 2.05) is 18.2 Å². The minimum absolute atomic E-state index is 0.176. The number of hydrogen-bond donors (Lipinski definition) is 1. The first-order valence-corrected chi connectivity index (χ1v) is 8.79. The molecule has 4 nitrogen and oxygen atoms in total. The Bertz CT molecular complexity index is 1210. The van der Waals surface area contributed by atoms with Crippen molar-refractivity contribution in [2.45, 2.75) is 0 Å². The van der Waals surface area contributed by atoms with E-state index in [1.54, 1.807) is 30.3 Å². The molecule has 0 spiro atoms. The zero-order valence-corrected chi connectivity index (χ0v) is 15.3. The van der Waals surface area contributed by atoms with Crippen molar-refractivity contribution >= 4 is 45.7 Å². The third-order valence-corrected chi connectivity index (χ3v) is 4.67. The van der Waals surface area contributed by atoms with Crippen LogP contribution in [0.15, 0.2) is 71.5 Å². The van der Waals surface area contributed by atoms with Gasteiger partial charge >= 0.3 is 0 Å². The Hall–Kier alpha value is -2.89. The highest BCUT2D eigenvalue weighted by atomic mass is 35.5. The summed E-state index contributed by atoms with van der Waals surface area (Å²) in [5.41, 5.74) is 1.16. The summed E-state index contributed by atoms with van der Waals surface area (Å²) in [6.45, 7) is 0. The van der Waals surface area contributed by atoms with Crippen LogP contribution in [0.1, 0.15) is 0 Å². The molecule has 4 rings (SSSR count). The third-order valence-electron chi connectivity index (χ3n) is 4.04. The normalized spacial score (nSPS) is 10.9. The highest BCUT2D eigenvalue weighted by Crippen LogP contribution is 2.28. The Morgan fingerprint density at radius 1 is 0.926 bits per heavy atom. The zero-order chi connectivity index (χ0) is 19.0. The molecule has 3 aromatic carbocycles. The Morgan fingerprint density at radius 3 is 2.44 bits per heavy atom. The molecule has 0 bridgehead atoms. The summed E-state index contributed by atoms with van der Waals surface area (Å²) in [5, 5.41) is 3.84. The standard InChI is InChI=1S/C20H12Cl2FN3O/c21-14-7-4-8-17-18(14)19(27)26(13-5-2-1-3-6-13)20(25-17)24-16-10-9-12(23)11-15(16)22/h1-11H,(H,24,25). The summed E-state index contributed by atoms with van der Waals surface area (Å²) in [4.78, 5) is 17.8. The number of nitrogens with zero attached hydrogens (tertiary/aromatic N) is 2. The van der Waals surface area contributed by atoms with Gasteiger partial charge in [-0.3, -0.25) is 4.79 Å². The van der Waals surface area contributed by atoms with Crippen LogP contribution in [0.25, 0.3) is 16.6 Å². The quantitative estimate of drug-likeness (QED) is 0.489. The average molecular weight is 400 g/mol. The second-order valence-corrected chi connectivity index (χ2v) is 6.61. The summed E-state index contributed by atoms with van der Waals surface area (Å²) in [5.74, 6) is -0.210. The topological polar surface area (TPSA) is 46.9 Å². The van der Waals surface area contributed by atoms with Gasteiger partial charge in [0.05, 0.1) is 32.3 Å². The molecule has 0 saturated heterocycles. The fraction of sp³-hybridized carbons (Fsp3) is 0. The fourth-order valence-electron chi connectivity index (χ4n) is 2.80. The molecule has 0 fully saturated rings. The van der Waals surface area contributed by atoms with Crippen LogP contribution in [0.3, 0.4) is 0 Å². The molecular formula is C20H12Cl2FN3O. The van der Waals surface area contributed by atoms with Gasteiger partial charge < -0.3 is 5.32 Å². The molecule has 0 aliphatic carbocycles. The second kappa shape index (κ2) is 7.02. The summed E-state index contributed by atoms with van der Waals surface area (Å²) < 4.78 is 14.8. The number of hydrogen-bond acceptors (Lipinski definition) is 3.